The van der Waals surface area contributed by atoms with E-state index < -0.39 is 0 Å². The van der Waals surface area contributed by atoms with Gasteiger partial charge in [0.05, 0.1) is 24.9 Å². The van der Waals surface area contributed by atoms with Crippen LogP contribution in [0.25, 0.3) is 0 Å². The molecule has 1 unspecified atom stereocenters. The molecule has 3 N–H and O–H groups in total. The highest BCUT2D eigenvalue weighted by Gasteiger charge is 2.18. The van der Waals surface area contributed by atoms with Crippen molar-refractivity contribution < 1.29 is 24.0 Å². The predicted octanol–water partition coefficient (Wildman–Crippen LogP) is 0.879. The van der Waals surface area contributed by atoms with Crippen LogP contribution >= 0.6 is 0 Å². The van der Waals surface area contributed by atoms with Crippen LogP contribution in [0.5, 0.6) is 5.75 Å². The first-order valence-corrected chi connectivity index (χ1v) is 9.74. The lowest BCUT2D eigenvalue weighted by atomic mass is 10.1. The molecule has 0 fully saturated rings. The van der Waals surface area contributed by atoms with Crippen LogP contribution in [0.1, 0.15) is 17.3 Å². The summed E-state index contributed by atoms with van der Waals surface area (Å²) < 4.78 is 5.40. The Morgan fingerprint density at radius 1 is 0.967 bits per heavy atom. The third-order valence-corrected chi connectivity index (χ3v) is 4.28. The zero-order chi connectivity index (χ0) is 22.1. The van der Waals surface area contributed by atoms with E-state index in [-0.39, 0.29) is 30.8 Å². The van der Waals surface area contributed by atoms with Crippen LogP contribution < -0.4 is 20.3 Å². The van der Waals surface area contributed by atoms with Gasteiger partial charge in [0.1, 0.15) is 5.75 Å². The minimum Gasteiger partial charge on any atom is -0.494 e. The lowest BCUT2D eigenvalue weighted by Gasteiger charge is -2.17. The molecule has 0 saturated carbocycles. The second-order valence-electron chi connectivity index (χ2n) is 7.10. The zero-order valence-electron chi connectivity index (χ0n) is 17.8. The molecular formula is C22H29N4O4+. The zero-order valence-corrected chi connectivity index (χ0v) is 17.8. The monoisotopic (exact) mass is 413 g/mol. The minimum atomic E-state index is -0.335. The lowest BCUT2D eigenvalue weighted by molar-refractivity contribution is -0.862. The molecule has 0 aliphatic carbocycles. The molecule has 8 nitrogen and oxygen atoms in total. The summed E-state index contributed by atoms with van der Waals surface area (Å²) in [6.07, 6.45) is 0. The van der Waals surface area contributed by atoms with Gasteiger partial charge in [-0.25, -0.2) is 0 Å². The predicted molar refractivity (Wildman–Crippen MR) is 116 cm³/mol. The van der Waals surface area contributed by atoms with E-state index in [1.165, 1.54) is 4.90 Å². The molecule has 0 radical (unpaired) electrons. The van der Waals surface area contributed by atoms with E-state index in [0.29, 0.717) is 23.5 Å². The van der Waals surface area contributed by atoms with Gasteiger partial charge in [-0.1, -0.05) is 12.1 Å². The van der Waals surface area contributed by atoms with Gasteiger partial charge in [-0.15, -0.1) is 0 Å². The standard InChI is InChI=1S/C22H28N4O4/c1-5-30-17-12-10-16(11-13-17)23-22(29)18-8-6-7-9-19(18)24-20(27)14-26(4)15-21(28)25(2)3/h6-13H,5,14-15H2,1-4H3,(H,23,29)(H,24,27)/p+1. The number of carbonyl (C=O) groups excluding carboxylic acids is 3. The topological polar surface area (TPSA) is 92.2 Å². The van der Waals surface area contributed by atoms with Gasteiger partial charge in [-0.2, -0.15) is 0 Å². The Kier molecular flexibility index (Phi) is 8.37. The van der Waals surface area contributed by atoms with Gasteiger partial charge < -0.3 is 25.2 Å². The fourth-order valence-electron chi connectivity index (χ4n) is 2.74. The van der Waals surface area contributed by atoms with Crippen LogP contribution in [0.3, 0.4) is 0 Å². The summed E-state index contributed by atoms with van der Waals surface area (Å²) in [5, 5.41) is 5.59. The van der Waals surface area contributed by atoms with Crippen molar-refractivity contribution in [3.63, 3.8) is 0 Å². The Labute approximate surface area is 176 Å². The maximum Gasteiger partial charge on any atom is 0.279 e. The Balaban J connectivity index is 2.01. The van der Waals surface area contributed by atoms with Gasteiger partial charge in [0.25, 0.3) is 17.7 Å². The average molecular weight is 413 g/mol. The third-order valence-electron chi connectivity index (χ3n) is 4.28. The Morgan fingerprint density at radius 3 is 2.27 bits per heavy atom. The van der Waals surface area contributed by atoms with Crippen LogP contribution in [0.4, 0.5) is 11.4 Å². The molecule has 2 aromatic rings. The van der Waals surface area contributed by atoms with Crippen LogP contribution in [-0.2, 0) is 9.59 Å². The number of anilines is 2. The van der Waals surface area contributed by atoms with E-state index in [2.05, 4.69) is 10.6 Å². The van der Waals surface area contributed by atoms with Crippen molar-refractivity contribution >= 4 is 29.1 Å². The molecule has 0 aliphatic heterocycles. The number of hydrogen-bond donors (Lipinski definition) is 3. The molecule has 1 atom stereocenters. The van der Waals surface area contributed by atoms with Crippen molar-refractivity contribution in [2.75, 3.05) is 51.5 Å². The van der Waals surface area contributed by atoms with Gasteiger partial charge in [-0.05, 0) is 43.3 Å². The van der Waals surface area contributed by atoms with Crippen molar-refractivity contribution in [3.8, 4) is 5.75 Å². The van der Waals surface area contributed by atoms with Crippen LogP contribution in [0, 0.1) is 0 Å². The van der Waals surface area contributed by atoms with Gasteiger partial charge in [0, 0.05) is 19.8 Å². The van der Waals surface area contributed by atoms with E-state index in [4.69, 9.17) is 4.74 Å². The number of hydrogen-bond acceptors (Lipinski definition) is 4. The average Bonchev–Trinajstić information content (AvgIpc) is 2.69. The SMILES string of the molecule is CCOc1ccc(NC(=O)c2ccccc2NC(=O)C[NH+](C)CC(=O)N(C)C)cc1. The number of para-hydroxylation sites is 1. The summed E-state index contributed by atoms with van der Waals surface area (Å²) in [6, 6.07) is 13.9. The summed E-state index contributed by atoms with van der Waals surface area (Å²) in [4.78, 5) is 39.1. The second-order valence-corrected chi connectivity index (χ2v) is 7.10. The summed E-state index contributed by atoms with van der Waals surface area (Å²) in [5.41, 5.74) is 1.38. The first-order valence-electron chi connectivity index (χ1n) is 9.74. The summed E-state index contributed by atoms with van der Waals surface area (Å²) in [7, 11) is 5.12. The molecule has 0 aliphatic rings. The molecule has 0 heterocycles. The molecule has 3 amide bonds. The van der Waals surface area contributed by atoms with Crippen LogP contribution in [0.15, 0.2) is 48.5 Å². The fraction of sp³-hybridized carbons (Fsp3) is 0.318. The van der Waals surface area contributed by atoms with Gasteiger partial charge in [-0.3, -0.25) is 14.4 Å². The van der Waals surface area contributed by atoms with Crippen molar-refractivity contribution in [2.45, 2.75) is 6.92 Å². The molecule has 30 heavy (non-hydrogen) atoms. The Bertz CT molecular complexity index is 881. The number of benzene rings is 2. The van der Waals surface area contributed by atoms with Crippen molar-refractivity contribution in [2.24, 2.45) is 0 Å². The second kappa shape index (κ2) is 11.0. The molecule has 0 bridgehead atoms. The largest absolute Gasteiger partial charge is 0.494 e. The summed E-state index contributed by atoms with van der Waals surface area (Å²) >= 11 is 0. The number of quaternary nitrogens is 1. The van der Waals surface area contributed by atoms with Crippen molar-refractivity contribution in [1.82, 2.24) is 4.90 Å². The number of likely N-dealkylation sites (N-methyl/N-ethyl adjacent to an activating group) is 2. The molecule has 8 heteroatoms. The minimum absolute atomic E-state index is 0.0598. The van der Waals surface area contributed by atoms with E-state index in [0.717, 1.165) is 10.6 Å². The number of amides is 3. The fourth-order valence-corrected chi connectivity index (χ4v) is 2.74. The van der Waals surface area contributed by atoms with E-state index >= 15 is 0 Å². The normalized spacial score (nSPS) is 11.3. The number of nitrogens with one attached hydrogen (secondary N) is 3. The number of rotatable bonds is 9. The van der Waals surface area contributed by atoms with Crippen molar-refractivity contribution in [1.29, 1.82) is 0 Å². The van der Waals surface area contributed by atoms with Gasteiger partial charge in [0.15, 0.2) is 13.1 Å². The molecule has 2 aromatic carbocycles. The third kappa shape index (κ3) is 6.89. The maximum absolute atomic E-state index is 12.7. The van der Waals surface area contributed by atoms with Crippen molar-refractivity contribution in [3.05, 3.63) is 54.1 Å². The smallest absolute Gasteiger partial charge is 0.279 e. The lowest BCUT2D eigenvalue weighted by Crippen LogP contribution is -3.11. The summed E-state index contributed by atoms with van der Waals surface area (Å²) in [5.74, 6) is 0.0527. The first-order chi connectivity index (χ1) is 14.3. The highest BCUT2D eigenvalue weighted by molar-refractivity contribution is 6.10. The molecule has 0 aromatic heterocycles. The van der Waals surface area contributed by atoms with Gasteiger partial charge >= 0.3 is 0 Å². The molecule has 2 rings (SSSR count). The van der Waals surface area contributed by atoms with E-state index in [1.807, 2.05) is 6.92 Å². The number of ether oxygens (including phenoxy) is 1. The first kappa shape index (κ1) is 22.9. The summed E-state index contributed by atoms with van der Waals surface area (Å²) in [6.45, 7) is 2.79. The number of carbonyl (C=O) groups is 3. The molecule has 0 spiro atoms. The highest BCUT2D eigenvalue weighted by Crippen LogP contribution is 2.19. The Hall–Kier alpha value is -3.39. The quantitative estimate of drug-likeness (QED) is 0.569. The maximum atomic E-state index is 12.7. The van der Waals surface area contributed by atoms with E-state index in [9.17, 15) is 14.4 Å². The molecule has 0 saturated heterocycles. The highest BCUT2D eigenvalue weighted by atomic mass is 16.5. The molecule has 160 valence electrons. The van der Waals surface area contributed by atoms with Crippen LogP contribution in [-0.4, -0.2) is 63.5 Å². The molecular weight excluding hydrogens is 384 g/mol. The van der Waals surface area contributed by atoms with E-state index in [1.54, 1.807) is 69.7 Å². The van der Waals surface area contributed by atoms with Gasteiger partial charge in [0.2, 0.25) is 0 Å². The van der Waals surface area contributed by atoms with Crippen LogP contribution in [0.2, 0.25) is 0 Å². The number of nitrogens with zero attached hydrogens (tertiary/aromatic N) is 1. The Morgan fingerprint density at radius 2 is 1.63 bits per heavy atom.